The van der Waals surface area contributed by atoms with Crippen molar-refractivity contribution < 1.29 is 14.7 Å². The summed E-state index contributed by atoms with van der Waals surface area (Å²) in [5.41, 5.74) is 2.58. The maximum atomic E-state index is 12.6. The van der Waals surface area contributed by atoms with Gasteiger partial charge in [-0.1, -0.05) is 54.1 Å². The van der Waals surface area contributed by atoms with E-state index in [0.717, 1.165) is 21.9 Å². The molecule has 2 unspecified atom stereocenters. The van der Waals surface area contributed by atoms with E-state index in [9.17, 15) is 14.7 Å². The second-order valence-corrected chi connectivity index (χ2v) is 8.14. The summed E-state index contributed by atoms with van der Waals surface area (Å²) in [5.74, 6) is -1.29. The van der Waals surface area contributed by atoms with E-state index in [1.807, 2.05) is 48.5 Å². The highest BCUT2D eigenvalue weighted by atomic mass is 35.5. The number of carboxylic acids is 1. The minimum atomic E-state index is -0.997. The maximum absolute atomic E-state index is 12.6. The van der Waals surface area contributed by atoms with Gasteiger partial charge in [0.15, 0.2) is 0 Å². The zero-order chi connectivity index (χ0) is 19.0. The Morgan fingerprint density at radius 1 is 1.07 bits per heavy atom. The minimum absolute atomic E-state index is 0.215. The van der Waals surface area contributed by atoms with E-state index < -0.39 is 11.2 Å². The summed E-state index contributed by atoms with van der Waals surface area (Å²) >= 11 is 7.60. The number of benzene rings is 3. The molecule has 27 heavy (non-hydrogen) atoms. The fraction of sp³-hybridized carbons (Fsp3) is 0.143. The molecule has 1 amide bonds. The first-order valence-electron chi connectivity index (χ1n) is 8.48. The molecule has 2 atom stereocenters. The number of halogens is 1. The average Bonchev–Trinajstić information content (AvgIpc) is 2.78. The lowest BCUT2D eigenvalue weighted by Crippen LogP contribution is -2.26. The minimum Gasteiger partial charge on any atom is -0.481 e. The van der Waals surface area contributed by atoms with Crippen LogP contribution in [-0.4, -0.2) is 22.2 Å². The van der Waals surface area contributed by atoms with Crippen LogP contribution >= 0.6 is 23.4 Å². The fourth-order valence-corrected chi connectivity index (χ4v) is 5.02. The standard InChI is InChI=1S/C21H16ClNO3S/c22-13-8-9-17-16(10-13)20(27-18(11-19(24)25)21(26)23-17)15-7-3-5-12-4-1-2-6-14(12)15/h1-10,18,20H,11H2,(H,23,26)(H,24,25). The lowest BCUT2D eigenvalue weighted by molar-refractivity contribution is -0.138. The first kappa shape index (κ1) is 17.9. The van der Waals surface area contributed by atoms with E-state index in [4.69, 9.17) is 11.6 Å². The highest BCUT2D eigenvalue weighted by molar-refractivity contribution is 8.01. The number of aliphatic carboxylic acids is 1. The molecule has 4 nitrogen and oxygen atoms in total. The number of thioether (sulfide) groups is 1. The van der Waals surface area contributed by atoms with Gasteiger partial charge in [-0.15, -0.1) is 11.8 Å². The third-order valence-corrected chi connectivity index (χ3v) is 6.34. The molecule has 1 heterocycles. The van der Waals surface area contributed by atoms with Gasteiger partial charge >= 0.3 is 5.97 Å². The van der Waals surface area contributed by atoms with Crippen molar-refractivity contribution in [3.63, 3.8) is 0 Å². The number of carbonyl (C=O) groups excluding carboxylic acids is 1. The number of hydrogen-bond acceptors (Lipinski definition) is 3. The summed E-state index contributed by atoms with van der Waals surface area (Å²) in [7, 11) is 0. The summed E-state index contributed by atoms with van der Waals surface area (Å²) in [6.45, 7) is 0. The lowest BCUT2D eigenvalue weighted by Gasteiger charge is -2.21. The van der Waals surface area contributed by atoms with Gasteiger partial charge in [-0.2, -0.15) is 0 Å². The predicted octanol–water partition coefficient (Wildman–Crippen LogP) is 5.11. The van der Waals surface area contributed by atoms with Gasteiger partial charge in [0.2, 0.25) is 5.91 Å². The van der Waals surface area contributed by atoms with E-state index in [2.05, 4.69) is 5.32 Å². The molecule has 1 aliphatic rings. The van der Waals surface area contributed by atoms with E-state index in [-0.39, 0.29) is 17.6 Å². The molecule has 0 aliphatic carbocycles. The summed E-state index contributed by atoms with van der Waals surface area (Å²) in [4.78, 5) is 23.9. The summed E-state index contributed by atoms with van der Waals surface area (Å²) in [6, 6.07) is 19.4. The highest BCUT2D eigenvalue weighted by Gasteiger charge is 2.33. The summed E-state index contributed by atoms with van der Waals surface area (Å²) in [6.07, 6.45) is -0.237. The molecule has 1 aliphatic heterocycles. The normalized spacial score (nSPS) is 19.2. The van der Waals surface area contributed by atoms with Crippen molar-refractivity contribution >= 4 is 51.7 Å². The molecule has 0 aromatic heterocycles. The van der Waals surface area contributed by atoms with Crippen molar-refractivity contribution in [3.8, 4) is 0 Å². The third-order valence-electron chi connectivity index (χ3n) is 4.61. The Labute approximate surface area is 165 Å². The van der Waals surface area contributed by atoms with Gasteiger partial charge in [0.05, 0.1) is 16.9 Å². The van der Waals surface area contributed by atoms with Gasteiger partial charge in [-0.3, -0.25) is 9.59 Å². The number of carboxylic acid groups (broad SMARTS) is 1. The molecule has 136 valence electrons. The van der Waals surface area contributed by atoms with Gasteiger partial charge in [0.1, 0.15) is 0 Å². The first-order valence-corrected chi connectivity index (χ1v) is 9.80. The van der Waals surface area contributed by atoms with Crippen LogP contribution in [-0.2, 0) is 9.59 Å². The smallest absolute Gasteiger partial charge is 0.305 e. The lowest BCUT2D eigenvalue weighted by atomic mass is 9.97. The van der Waals surface area contributed by atoms with Gasteiger partial charge in [0.25, 0.3) is 0 Å². The molecule has 0 bridgehead atoms. The van der Waals surface area contributed by atoms with Crippen molar-refractivity contribution in [2.24, 2.45) is 0 Å². The molecule has 0 radical (unpaired) electrons. The fourth-order valence-electron chi connectivity index (χ4n) is 3.40. The summed E-state index contributed by atoms with van der Waals surface area (Å²) < 4.78 is 0. The van der Waals surface area contributed by atoms with Crippen molar-refractivity contribution in [1.29, 1.82) is 0 Å². The monoisotopic (exact) mass is 397 g/mol. The third kappa shape index (κ3) is 3.53. The van der Waals surface area contributed by atoms with E-state index >= 15 is 0 Å². The van der Waals surface area contributed by atoms with Crippen molar-refractivity contribution in [2.45, 2.75) is 16.9 Å². The number of rotatable bonds is 3. The first-order chi connectivity index (χ1) is 13.0. The van der Waals surface area contributed by atoms with Gasteiger partial charge in [-0.05, 0) is 40.1 Å². The predicted molar refractivity (Wildman–Crippen MR) is 110 cm³/mol. The Kier molecular flexibility index (Phi) is 4.81. The van der Waals surface area contributed by atoms with Crippen molar-refractivity contribution in [3.05, 3.63) is 76.8 Å². The van der Waals surface area contributed by atoms with Gasteiger partial charge < -0.3 is 10.4 Å². The number of hydrogen-bond donors (Lipinski definition) is 2. The largest absolute Gasteiger partial charge is 0.481 e. The Morgan fingerprint density at radius 3 is 2.67 bits per heavy atom. The molecule has 0 spiro atoms. The van der Waals surface area contributed by atoms with Crippen LogP contribution in [0.5, 0.6) is 0 Å². The number of fused-ring (bicyclic) bond motifs is 2. The zero-order valence-electron chi connectivity index (χ0n) is 14.2. The molecular weight excluding hydrogens is 382 g/mol. The molecular formula is C21H16ClNO3S. The second-order valence-electron chi connectivity index (χ2n) is 6.39. The molecule has 0 fully saturated rings. The Hall–Kier alpha value is -2.50. The topological polar surface area (TPSA) is 66.4 Å². The number of amides is 1. The molecule has 0 saturated heterocycles. The van der Waals surface area contributed by atoms with Crippen LogP contribution in [0.2, 0.25) is 5.02 Å². The highest BCUT2D eigenvalue weighted by Crippen LogP contribution is 2.47. The van der Waals surface area contributed by atoms with Crippen LogP contribution in [0.15, 0.2) is 60.7 Å². The van der Waals surface area contributed by atoms with E-state index in [0.29, 0.717) is 10.7 Å². The van der Waals surface area contributed by atoms with Crippen LogP contribution in [0.3, 0.4) is 0 Å². The molecule has 2 N–H and O–H groups in total. The van der Waals surface area contributed by atoms with E-state index in [1.165, 1.54) is 11.8 Å². The quantitative estimate of drug-likeness (QED) is 0.644. The summed E-state index contributed by atoms with van der Waals surface area (Å²) in [5, 5.41) is 14.0. The Balaban J connectivity index is 1.91. The zero-order valence-corrected chi connectivity index (χ0v) is 15.8. The van der Waals surface area contributed by atoms with Crippen molar-refractivity contribution in [2.75, 3.05) is 5.32 Å². The van der Waals surface area contributed by atoms with Crippen LogP contribution < -0.4 is 5.32 Å². The SMILES string of the molecule is O=C(O)CC1SC(c2cccc3ccccc23)c2cc(Cl)ccc2NC1=O. The Morgan fingerprint density at radius 2 is 1.85 bits per heavy atom. The molecule has 3 aromatic carbocycles. The number of nitrogens with one attached hydrogen (secondary N) is 1. The Bertz CT molecular complexity index is 1050. The molecule has 4 rings (SSSR count). The van der Waals surface area contributed by atoms with Crippen molar-refractivity contribution in [1.82, 2.24) is 0 Å². The molecule has 0 saturated carbocycles. The maximum Gasteiger partial charge on any atom is 0.305 e. The average molecular weight is 398 g/mol. The van der Waals surface area contributed by atoms with Crippen LogP contribution in [0.25, 0.3) is 10.8 Å². The number of carbonyl (C=O) groups is 2. The van der Waals surface area contributed by atoms with Crippen LogP contribution in [0, 0.1) is 0 Å². The molecule has 6 heteroatoms. The van der Waals surface area contributed by atoms with E-state index in [1.54, 1.807) is 12.1 Å². The second kappa shape index (κ2) is 7.25. The van der Waals surface area contributed by atoms with Gasteiger partial charge in [-0.25, -0.2) is 0 Å². The molecule has 3 aromatic rings. The van der Waals surface area contributed by atoms with Crippen LogP contribution in [0.1, 0.15) is 22.8 Å². The number of anilines is 1. The van der Waals surface area contributed by atoms with Crippen LogP contribution in [0.4, 0.5) is 5.69 Å². The van der Waals surface area contributed by atoms with Gasteiger partial charge in [0, 0.05) is 10.7 Å².